The molecule has 0 saturated heterocycles. The maximum Gasteiger partial charge on any atom is 0.123 e. The van der Waals surface area contributed by atoms with Crippen molar-refractivity contribution in [1.29, 1.82) is 0 Å². The lowest BCUT2D eigenvalue weighted by atomic mass is 9.99. The lowest BCUT2D eigenvalue weighted by molar-refractivity contribution is 0.626. The third-order valence-electron chi connectivity index (χ3n) is 2.86. The fourth-order valence-corrected chi connectivity index (χ4v) is 2.60. The number of thiophene rings is 1. The van der Waals surface area contributed by atoms with Gasteiger partial charge < -0.3 is 0 Å². The second-order valence-electron chi connectivity index (χ2n) is 4.02. The van der Waals surface area contributed by atoms with Gasteiger partial charge in [-0.15, -0.1) is 0 Å². The molecule has 0 N–H and O–H groups in total. The monoisotopic (exact) mass is 218 g/mol. The molecule has 1 aliphatic rings. The Balaban J connectivity index is 2.13. The Morgan fingerprint density at radius 2 is 2.07 bits per heavy atom. The molecule has 0 amide bonds. The zero-order valence-corrected chi connectivity index (χ0v) is 9.06. The summed E-state index contributed by atoms with van der Waals surface area (Å²) in [7, 11) is 0. The minimum absolute atomic E-state index is 0.115. The molecule has 76 valence electrons. The molecule has 1 heterocycles. The Morgan fingerprint density at radius 3 is 2.73 bits per heavy atom. The van der Waals surface area contributed by atoms with Crippen LogP contribution in [0.2, 0.25) is 0 Å². The van der Waals surface area contributed by atoms with Gasteiger partial charge in [0.25, 0.3) is 0 Å². The summed E-state index contributed by atoms with van der Waals surface area (Å²) >= 11 is 1.69. The number of halogens is 1. The first-order chi connectivity index (χ1) is 7.34. The molecule has 1 saturated carbocycles. The van der Waals surface area contributed by atoms with E-state index in [0.717, 1.165) is 0 Å². The van der Waals surface area contributed by atoms with Crippen molar-refractivity contribution in [1.82, 2.24) is 0 Å². The van der Waals surface area contributed by atoms with E-state index in [1.165, 1.54) is 29.5 Å². The van der Waals surface area contributed by atoms with Gasteiger partial charge in [0.2, 0.25) is 0 Å². The van der Waals surface area contributed by atoms with Gasteiger partial charge in [0.05, 0.1) is 0 Å². The van der Waals surface area contributed by atoms with Crippen LogP contribution in [0.25, 0.3) is 11.1 Å². The van der Waals surface area contributed by atoms with Crippen LogP contribution in [0, 0.1) is 5.82 Å². The topological polar surface area (TPSA) is 0 Å². The van der Waals surface area contributed by atoms with Crippen molar-refractivity contribution in [2.24, 2.45) is 0 Å². The summed E-state index contributed by atoms with van der Waals surface area (Å²) in [6, 6.07) is 7.26. The van der Waals surface area contributed by atoms with Gasteiger partial charge in [-0.2, -0.15) is 11.3 Å². The third kappa shape index (κ3) is 1.70. The van der Waals surface area contributed by atoms with Crippen molar-refractivity contribution >= 4 is 11.3 Å². The predicted octanol–water partition coefficient (Wildman–Crippen LogP) is 4.43. The largest absolute Gasteiger partial charge is 0.207 e. The molecule has 0 unspecified atom stereocenters. The molecular weight excluding hydrogens is 207 g/mol. The van der Waals surface area contributed by atoms with E-state index in [1.807, 2.05) is 6.07 Å². The maximum atomic E-state index is 13.2. The van der Waals surface area contributed by atoms with Gasteiger partial charge in [-0.25, -0.2) is 4.39 Å². The zero-order chi connectivity index (χ0) is 10.3. The molecular formula is C13H11FS. The molecule has 1 fully saturated rings. The molecule has 1 aromatic heterocycles. The fraction of sp³-hybridized carbons (Fsp3) is 0.231. The highest BCUT2D eigenvalue weighted by Gasteiger charge is 2.26. The Morgan fingerprint density at radius 1 is 1.20 bits per heavy atom. The molecule has 2 aromatic rings. The van der Waals surface area contributed by atoms with E-state index in [4.69, 9.17) is 0 Å². The average molecular weight is 218 g/mol. The van der Waals surface area contributed by atoms with Crippen molar-refractivity contribution in [2.45, 2.75) is 18.8 Å². The number of benzene rings is 1. The van der Waals surface area contributed by atoms with E-state index in [9.17, 15) is 4.39 Å². The van der Waals surface area contributed by atoms with Crippen LogP contribution in [0.5, 0.6) is 0 Å². The molecule has 0 spiro atoms. The van der Waals surface area contributed by atoms with Crippen molar-refractivity contribution in [3.8, 4) is 11.1 Å². The van der Waals surface area contributed by atoms with E-state index in [2.05, 4.69) is 16.8 Å². The molecule has 3 rings (SSSR count). The fourth-order valence-electron chi connectivity index (χ4n) is 1.95. The molecule has 0 radical (unpaired) electrons. The molecule has 15 heavy (non-hydrogen) atoms. The lowest BCUT2D eigenvalue weighted by Crippen LogP contribution is -1.87. The lowest BCUT2D eigenvalue weighted by Gasteiger charge is -2.06. The van der Waals surface area contributed by atoms with Crippen LogP contribution in [-0.2, 0) is 0 Å². The second kappa shape index (κ2) is 3.46. The van der Waals surface area contributed by atoms with E-state index < -0.39 is 0 Å². The van der Waals surface area contributed by atoms with Crippen molar-refractivity contribution < 1.29 is 4.39 Å². The van der Waals surface area contributed by atoms with Crippen molar-refractivity contribution in [2.75, 3.05) is 0 Å². The number of rotatable bonds is 2. The molecule has 0 bridgehead atoms. The molecule has 0 atom stereocenters. The summed E-state index contributed by atoms with van der Waals surface area (Å²) in [5.41, 5.74) is 3.62. The van der Waals surface area contributed by atoms with Crippen LogP contribution in [0.15, 0.2) is 35.0 Å². The van der Waals surface area contributed by atoms with E-state index in [0.29, 0.717) is 5.92 Å². The summed E-state index contributed by atoms with van der Waals surface area (Å²) in [5.74, 6) is 0.478. The summed E-state index contributed by atoms with van der Waals surface area (Å²) in [6.07, 6.45) is 2.42. The molecule has 0 nitrogen and oxygen atoms in total. The highest BCUT2D eigenvalue weighted by atomic mass is 32.1. The molecule has 1 aliphatic carbocycles. The van der Waals surface area contributed by atoms with Crippen LogP contribution in [0.4, 0.5) is 4.39 Å². The van der Waals surface area contributed by atoms with Crippen LogP contribution in [0.1, 0.15) is 24.3 Å². The zero-order valence-electron chi connectivity index (χ0n) is 8.24. The molecule has 0 aliphatic heterocycles. The van der Waals surface area contributed by atoms with Gasteiger partial charge in [0.15, 0.2) is 0 Å². The van der Waals surface area contributed by atoms with E-state index in [1.54, 1.807) is 23.5 Å². The molecule has 2 heteroatoms. The first kappa shape index (κ1) is 9.10. The van der Waals surface area contributed by atoms with Gasteiger partial charge in [-0.1, -0.05) is 6.07 Å². The summed E-state index contributed by atoms with van der Waals surface area (Å²) < 4.78 is 13.2. The third-order valence-corrected chi connectivity index (χ3v) is 3.55. The van der Waals surface area contributed by atoms with Gasteiger partial charge in [-0.3, -0.25) is 0 Å². The standard InChI is InChI=1S/C13H11FS/c14-11-3-4-12(10-5-6-15-8-10)13(7-11)9-1-2-9/h3-9H,1-2H2. The first-order valence-corrected chi connectivity index (χ1v) is 6.11. The van der Waals surface area contributed by atoms with Gasteiger partial charge in [-0.05, 0) is 64.4 Å². The normalized spacial score (nSPS) is 15.5. The number of hydrogen-bond acceptors (Lipinski definition) is 1. The minimum Gasteiger partial charge on any atom is -0.207 e. The highest BCUT2D eigenvalue weighted by Crippen LogP contribution is 2.44. The van der Waals surface area contributed by atoms with Crippen molar-refractivity contribution in [3.05, 3.63) is 46.4 Å². The Labute approximate surface area is 92.4 Å². The van der Waals surface area contributed by atoms with Crippen LogP contribution < -0.4 is 0 Å². The smallest absolute Gasteiger partial charge is 0.123 e. The summed E-state index contributed by atoms with van der Waals surface area (Å²) in [4.78, 5) is 0. The van der Waals surface area contributed by atoms with E-state index in [-0.39, 0.29) is 5.82 Å². The molecule has 1 aromatic carbocycles. The highest BCUT2D eigenvalue weighted by molar-refractivity contribution is 7.08. The quantitative estimate of drug-likeness (QED) is 0.699. The van der Waals surface area contributed by atoms with E-state index >= 15 is 0 Å². The Bertz CT molecular complexity index is 469. The Kier molecular flexibility index (Phi) is 2.10. The van der Waals surface area contributed by atoms with Crippen molar-refractivity contribution in [3.63, 3.8) is 0 Å². The predicted molar refractivity (Wildman–Crippen MR) is 61.7 cm³/mol. The summed E-state index contributed by atoms with van der Waals surface area (Å²) in [5, 5.41) is 4.19. The maximum absolute atomic E-state index is 13.2. The minimum atomic E-state index is -0.115. The number of hydrogen-bond donors (Lipinski definition) is 0. The van der Waals surface area contributed by atoms with Crippen LogP contribution in [0.3, 0.4) is 0 Å². The van der Waals surface area contributed by atoms with Gasteiger partial charge in [0.1, 0.15) is 5.82 Å². The Hall–Kier alpha value is -1.15. The first-order valence-electron chi connectivity index (χ1n) is 5.16. The SMILES string of the molecule is Fc1ccc(-c2ccsc2)c(C2CC2)c1. The van der Waals surface area contributed by atoms with Gasteiger partial charge in [0, 0.05) is 0 Å². The summed E-state index contributed by atoms with van der Waals surface area (Å²) in [6.45, 7) is 0. The van der Waals surface area contributed by atoms with Gasteiger partial charge >= 0.3 is 0 Å². The second-order valence-corrected chi connectivity index (χ2v) is 4.80. The average Bonchev–Trinajstić information content (AvgIpc) is 2.95. The van der Waals surface area contributed by atoms with Crippen LogP contribution >= 0.6 is 11.3 Å². The van der Waals surface area contributed by atoms with Crippen LogP contribution in [-0.4, -0.2) is 0 Å².